The fourth-order valence-electron chi connectivity index (χ4n) is 2.86. The van der Waals surface area contributed by atoms with Gasteiger partial charge in [-0.25, -0.2) is 0 Å². The van der Waals surface area contributed by atoms with Gasteiger partial charge in [0.15, 0.2) is 0 Å². The molecule has 0 atom stereocenters. The van der Waals surface area contributed by atoms with Crippen molar-refractivity contribution in [3.8, 4) is 0 Å². The summed E-state index contributed by atoms with van der Waals surface area (Å²) < 4.78 is 5.25. The van der Waals surface area contributed by atoms with E-state index in [9.17, 15) is 19.7 Å². The Hall–Kier alpha value is -2.91. The summed E-state index contributed by atoms with van der Waals surface area (Å²) in [7, 11) is 0. The van der Waals surface area contributed by atoms with Crippen molar-refractivity contribution in [1.29, 1.82) is 0 Å². The molecule has 2 aromatic rings. The van der Waals surface area contributed by atoms with Gasteiger partial charge in [-0.2, -0.15) is 0 Å². The van der Waals surface area contributed by atoms with E-state index in [1.165, 1.54) is 23.9 Å². The number of nitrogens with zero attached hydrogens (tertiary/aromatic N) is 2. The number of morpholine rings is 1. The van der Waals surface area contributed by atoms with Crippen molar-refractivity contribution in [3.05, 3.63) is 63.7 Å². The van der Waals surface area contributed by atoms with Crippen molar-refractivity contribution in [2.24, 2.45) is 0 Å². The molecule has 1 saturated heterocycles. The molecule has 0 saturated carbocycles. The van der Waals surface area contributed by atoms with Crippen LogP contribution in [0.15, 0.2) is 47.4 Å². The van der Waals surface area contributed by atoms with E-state index >= 15 is 0 Å². The smallest absolute Gasteiger partial charge is 0.282 e. The van der Waals surface area contributed by atoms with Crippen LogP contribution in [0.5, 0.6) is 0 Å². The van der Waals surface area contributed by atoms with Crippen LogP contribution in [0, 0.1) is 10.1 Å². The highest BCUT2D eigenvalue weighted by Crippen LogP contribution is 2.26. The minimum atomic E-state index is -0.599. The molecule has 3 rings (SSSR count). The van der Waals surface area contributed by atoms with Gasteiger partial charge in [0.05, 0.1) is 18.1 Å². The van der Waals surface area contributed by atoms with Crippen LogP contribution in [0.3, 0.4) is 0 Å². The van der Waals surface area contributed by atoms with Crippen molar-refractivity contribution >= 4 is 35.0 Å². The Bertz CT molecular complexity index is 912. The molecular weight excluding hydrogens is 382 g/mol. The van der Waals surface area contributed by atoms with Crippen LogP contribution >= 0.6 is 11.8 Å². The molecule has 0 aromatic heterocycles. The monoisotopic (exact) mass is 401 g/mol. The van der Waals surface area contributed by atoms with Gasteiger partial charge in [-0.3, -0.25) is 19.7 Å². The third-order valence-electron chi connectivity index (χ3n) is 4.31. The third kappa shape index (κ3) is 4.49. The van der Waals surface area contributed by atoms with E-state index in [0.29, 0.717) is 37.6 Å². The first-order chi connectivity index (χ1) is 13.5. The van der Waals surface area contributed by atoms with E-state index in [-0.39, 0.29) is 17.2 Å². The number of hydrogen-bond donors (Lipinski definition) is 1. The number of ether oxygens (including phenoxy) is 1. The minimum Gasteiger partial charge on any atom is -0.378 e. The van der Waals surface area contributed by atoms with E-state index < -0.39 is 10.8 Å². The van der Waals surface area contributed by atoms with E-state index in [4.69, 9.17) is 4.74 Å². The quantitative estimate of drug-likeness (QED) is 0.469. The van der Waals surface area contributed by atoms with Crippen LogP contribution in [0.1, 0.15) is 20.7 Å². The second-order valence-electron chi connectivity index (χ2n) is 6.08. The number of nitro groups is 1. The summed E-state index contributed by atoms with van der Waals surface area (Å²) in [6.07, 6.45) is 1.82. The molecule has 1 N–H and O–H groups in total. The largest absolute Gasteiger partial charge is 0.378 e. The van der Waals surface area contributed by atoms with Gasteiger partial charge in [0.2, 0.25) is 0 Å². The van der Waals surface area contributed by atoms with Gasteiger partial charge in [0, 0.05) is 35.3 Å². The zero-order valence-corrected chi connectivity index (χ0v) is 16.0. The van der Waals surface area contributed by atoms with Crippen molar-refractivity contribution in [3.63, 3.8) is 0 Å². The predicted molar refractivity (Wildman–Crippen MR) is 106 cm³/mol. The molecule has 1 fully saturated rings. The van der Waals surface area contributed by atoms with Crippen LogP contribution in [0.4, 0.5) is 11.4 Å². The van der Waals surface area contributed by atoms with Crippen molar-refractivity contribution in [1.82, 2.24) is 4.90 Å². The molecule has 2 amide bonds. The molecule has 0 aliphatic carbocycles. The van der Waals surface area contributed by atoms with Crippen molar-refractivity contribution in [2.45, 2.75) is 4.90 Å². The van der Waals surface area contributed by atoms with Gasteiger partial charge >= 0.3 is 0 Å². The first-order valence-electron chi connectivity index (χ1n) is 8.60. The molecule has 0 radical (unpaired) electrons. The van der Waals surface area contributed by atoms with Crippen LogP contribution in [-0.2, 0) is 4.74 Å². The lowest BCUT2D eigenvalue weighted by Gasteiger charge is -2.27. The van der Waals surface area contributed by atoms with Gasteiger partial charge in [0.1, 0.15) is 5.56 Å². The zero-order chi connectivity index (χ0) is 20.1. The Kier molecular flexibility index (Phi) is 6.27. The molecule has 2 aromatic carbocycles. The number of carbonyl (C=O) groups excluding carboxylic acids is 2. The zero-order valence-electron chi connectivity index (χ0n) is 15.2. The molecule has 0 bridgehead atoms. The summed E-state index contributed by atoms with van der Waals surface area (Å²) in [5.41, 5.74) is 0.539. The number of nitrogens with one attached hydrogen (secondary N) is 1. The normalized spacial score (nSPS) is 13.8. The first-order valence-corrected chi connectivity index (χ1v) is 9.83. The highest BCUT2D eigenvalue weighted by molar-refractivity contribution is 7.98. The minimum absolute atomic E-state index is 0.0261. The molecule has 9 heteroatoms. The van der Waals surface area contributed by atoms with Crippen molar-refractivity contribution in [2.75, 3.05) is 37.9 Å². The van der Waals surface area contributed by atoms with Gasteiger partial charge in [0.25, 0.3) is 17.5 Å². The molecular formula is C19H19N3O5S. The van der Waals surface area contributed by atoms with E-state index in [1.807, 2.05) is 6.26 Å². The van der Waals surface area contributed by atoms with Crippen LogP contribution in [-0.4, -0.2) is 54.2 Å². The predicted octanol–water partition coefficient (Wildman–Crippen LogP) is 3.04. The van der Waals surface area contributed by atoms with E-state index in [2.05, 4.69) is 5.32 Å². The summed E-state index contributed by atoms with van der Waals surface area (Å²) in [5, 5.41) is 13.9. The number of amides is 2. The molecule has 1 heterocycles. The maximum Gasteiger partial charge on any atom is 0.282 e. The second kappa shape index (κ2) is 8.85. The van der Waals surface area contributed by atoms with Crippen LogP contribution in [0.2, 0.25) is 0 Å². The van der Waals surface area contributed by atoms with Gasteiger partial charge in [-0.1, -0.05) is 6.07 Å². The lowest BCUT2D eigenvalue weighted by atomic mass is 10.1. The topological polar surface area (TPSA) is 102 Å². The molecule has 8 nitrogen and oxygen atoms in total. The first kappa shape index (κ1) is 19.8. The summed E-state index contributed by atoms with van der Waals surface area (Å²) >= 11 is 1.39. The van der Waals surface area contributed by atoms with Crippen LogP contribution < -0.4 is 5.32 Å². The Morgan fingerprint density at radius 1 is 1.18 bits per heavy atom. The van der Waals surface area contributed by atoms with Gasteiger partial charge in [-0.05, 0) is 36.6 Å². The average Bonchev–Trinajstić information content (AvgIpc) is 2.73. The number of anilines is 1. The summed E-state index contributed by atoms with van der Waals surface area (Å²) in [6.45, 7) is 2.03. The molecule has 1 aliphatic rings. The Labute approximate surface area is 166 Å². The summed E-state index contributed by atoms with van der Waals surface area (Å²) in [4.78, 5) is 38.4. The lowest BCUT2D eigenvalue weighted by Crippen LogP contribution is -2.40. The standard InChI is InChI=1S/C19H19N3O5S/c1-28-15-5-6-17(22(25)26)16(12-15)18(23)20-14-4-2-3-13(11-14)19(24)21-7-9-27-10-8-21/h2-6,11-12H,7-10H2,1H3,(H,20,23). The fraction of sp³-hybridized carbons (Fsp3) is 0.263. The fourth-order valence-corrected chi connectivity index (χ4v) is 3.30. The number of carbonyl (C=O) groups is 2. The Balaban J connectivity index is 1.81. The summed E-state index contributed by atoms with van der Waals surface area (Å²) in [6, 6.07) is 10.9. The molecule has 0 unspecified atom stereocenters. The number of nitro benzene ring substituents is 1. The van der Waals surface area contributed by atoms with Gasteiger partial charge < -0.3 is 15.0 Å². The molecule has 0 spiro atoms. The maximum atomic E-state index is 12.7. The molecule has 1 aliphatic heterocycles. The second-order valence-corrected chi connectivity index (χ2v) is 6.96. The molecule has 146 valence electrons. The highest BCUT2D eigenvalue weighted by Gasteiger charge is 2.22. The Morgan fingerprint density at radius 2 is 1.93 bits per heavy atom. The van der Waals surface area contributed by atoms with E-state index in [0.717, 1.165) is 4.90 Å². The molecule has 28 heavy (non-hydrogen) atoms. The van der Waals surface area contributed by atoms with Gasteiger partial charge in [-0.15, -0.1) is 11.8 Å². The van der Waals surface area contributed by atoms with Crippen LogP contribution in [0.25, 0.3) is 0 Å². The average molecular weight is 401 g/mol. The van der Waals surface area contributed by atoms with Crippen molar-refractivity contribution < 1.29 is 19.2 Å². The lowest BCUT2D eigenvalue weighted by molar-refractivity contribution is -0.385. The number of thioether (sulfide) groups is 1. The highest BCUT2D eigenvalue weighted by atomic mass is 32.2. The summed E-state index contributed by atoms with van der Waals surface area (Å²) in [5.74, 6) is -0.742. The van der Waals surface area contributed by atoms with E-state index in [1.54, 1.807) is 35.2 Å². The SMILES string of the molecule is CSc1ccc([N+](=O)[O-])c(C(=O)Nc2cccc(C(=O)N3CCOCC3)c2)c1. The number of benzene rings is 2. The number of rotatable bonds is 5. The third-order valence-corrected chi connectivity index (χ3v) is 5.04. The maximum absolute atomic E-state index is 12.7. The Morgan fingerprint density at radius 3 is 2.61 bits per heavy atom. The number of hydrogen-bond acceptors (Lipinski definition) is 6.